The number of carbonyl (C=O) groups excluding carboxylic acids is 1. The molecular weight excluding hydrogens is 270 g/mol. The number of ether oxygens (including phenoxy) is 1. The van der Waals surface area contributed by atoms with Crippen LogP contribution in [0.5, 0.6) is 0 Å². The Bertz CT molecular complexity index is 540. The van der Waals surface area contributed by atoms with Crippen LogP contribution in [0.1, 0.15) is 15.9 Å². The van der Waals surface area contributed by atoms with Crippen molar-refractivity contribution in [1.29, 1.82) is 0 Å². The summed E-state index contributed by atoms with van der Waals surface area (Å²) in [5.74, 6) is -0.417. The van der Waals surface area contributed by atoms with Crippen molar-refractivity contribution in [2.45, 2.75) is 6.42 Å². The van der Waals surface area contributed by atoms with Crippen molar-refractivity contribution in [3.8, 4) is 0 Å². The Hall–Kier alpha value is -1.52. The van der Waals surface area contributed by atoms with Crippen LogP contribution in [0.2, 0.25) is 5.02 Å². The second-order valence-electron chi connectivity index (χ2n) is 3.75. The first kappa shape index (κ1) is 12.9. The quantitative estimate of drug-likeness (QED) is 0.690. The summed E-state index contributed by atoms with van der Waals surface area (Å²) in [6, 6.07) is 6.74. The van der Waals surface area contributed by atoms with Gasteiger partial charge in [0.05, 0.1) is 12.2 Å². The number of hydrogen-bond donors (Lipinski definition) is 1. The second-order valence-corrected chi connectivity index (χ2v) is 4.97. The van der Waals surface area contributed by atoms with Crippen LogP contribution in [-0.4, -0.2) is 12.6 Å². The van der Waals surface area contributed by atoms with E-state index in [4.69, 9.17) is 22.1 Å². The van der Waals surface area contributed by atoms with E-state index in [0.717, 1.165) is 5.56 Å². The number of carbonyl (C=O) groups is 1. The fraction of sp³-hybridized carbons (Fsp3) is 0.154. The van der Waals surface area contributed by atoms with Gasteiger partial charge in [-0.15, -0.1) is 0 Å². The molecule has 0 unspecified atom stereocenters. The maximum absolute atomic E-state index is 11.8. The molecule has 0 saturated carbocycles. The van der Waals surface area contributed by atoms with Crippen LogP contribution in [0.4, 0.5) is 5.69 Å². The Labute approximate surface area is 114 Å². The molecule has 2 N–H and O–H groups in total. The van der Waals surface area contributed by atoms with Gasteiger partial charge in [0, 0.05) is 17.1 Å². The van der Waals surface area contributed by atoms with Crippen molar-refractivity contribution in [2.24, 2.45) is 0 Å². The lowest BCUT2D eigenvalue weighted by Crippen LogP contribution is -2.10. The molecule has 0 aliphatic carbocycles. The number of thiophene rings is 1. The van der Waals surface area contributed by atoms with Crippen LogP contribution >= 0.6 is 22.9 Å². The fourth-order valence-electron chi connectivity index (χ4n) is 1.49. The van der Waals surface area contributed by atoms with Gasteiger partial charge < -0.3 is 10.5 Å². The van der Waals surface area contributed by atoms with Gasteiger partial charge in [-0.1, -0.05) is 11.6 Å². The van der Waals surface area contributed by atoms with Gasteiger partial charge in [0.15, 0.2) is 0 Å². The molecule has 1 aromatic carbocycles. The van der Waals surface area contributed by atoms with Gasteiger partial charge in [0.25, 0.3) is 0 Å². The molecule has 3 nitrogen and oxygen atoms in total. The van der Waals surface area contributed by atoms with E-state index in [0.29, 0.717) is 29.3 Å². The van der Waals surface area contributed by atoms with Crippen LogP contribution < -0.4 is 5.73 Å². The van der Waals surface area contributed by atoms with Crippen molar-refractivity contribution in [3.63, 3.8) is 0 Å². The van der Waals surface area contributed by atoms with E-state index in [-0.39, 0.29) is 0 Å². The molecule has 0 atom stereocenters. The highest BCUT2D eigenvalue weighted by Crippen LogP contribution is 2.19. The topological polar surface area (TPSA) is 52.3 Å². The van der Waals surface area contributed by atoms with E-state index < -0.39 is 5.97 Å². The SMILES string of the molecule is Nc1cc(Cl)ccc1C(=O)OCCc1ccsc1. The van der Waals surface area contributed by atoms with Crippen molar-refractivity contribution < 1.29 is 9.53 Å². The first-order valence-electron chi connectivity index (χ1n) is 5.40. The van der Waals surface area contributed by atoms with E-state index in [9.17, 15) is 4.79 Å². The average Bonchev–Trinajstić information content (AvgIpc) is 2.81. The van der Waals surface area contributed by atoms with Gasteiger partial charge in [-0.05, 0) is 40.6 Å². The third kappa shape index (κ3) is 3.24. The van der Waals surface area contributed by atoms with Gasteiger partial charge in [0.1, 0.15) is 0 Å². The average molecular weight is 282 g/mol. The van der Waals surface area contributed by atoms with E-state index in [2.05, 4.69) is 0 Å². The molecule has 0 amide bonds. The molecule has 18 heavy (non-hydrogen) atoms. The van der Waals surface area contributed by atoms with Gasteiger partial charge in [-0.3, -0.25) is 0 Å². The number of nitrogens with two attached hydrogens (primary N) is 1. The van der Waals surface area contributed by atoms with E-state index >= 15 is 0 Å². The zero-order valence-corrected chi connectivity index (χ0v) is 11.1. The Balaban J connectivity index is 1.91. The smallest absolute Gasteiger partial charge is 0.340 e. The maximum Gasteiger partial charge on any atom is 0.340 e. The summed E-state index contributed by atoms with van der Waals surface area (Å²) >= 11 is 7.39. The predicted octanol–water partition coefficient (Wildman–Crippen LogP) is 3.38. The fourth-order valence-corrected chi connectivity index (χ4v) is 2.38. The molecule has 0 saturated heterocycles. The third-order valence-electron chi connectivity index (χ3n) is 2.44. The number of halogens is 1. The first-order chi connectivity index (χ1) is 8.66. The highest BCUT2D eigenvalue weighted by atomic mass is 35.5. The summed E-state index contributed by atoms with van der Waals surface area (Å²) in [6.07, 6.45) is 0.711. The Morgan fingerprint density at radius 1 is 1.39 bits per heavy atom. The lowest BCUT2D eigenvalue weighted by Gasteiger charge is -2.06. The number of rotatable bonds is 4. The van der Waals surface area contributed by atoms with Crippen LogP contribution in [0, 0.1) is 0 Å². The van der Waals surface area contributed by atoms with Crippen molar-refractivity contribution >= 4 is 34.6 Å². The highest BCUT2D eigenvalue weighted by Gasteiger charge is 2.11. The van der Waals surface area contributed by atoms with Crippen LogP contribution in [0.3, 0.4) is 0 Å². The zero-order valence-electron chi connectivity index (χ0n) is 9.56. The lowest BCUT2D eigenvalue weighted by atomic mass is 10.2. The van der Waals surface area contributed by atoms with E-state index in [1.54, 1.807) is 23.5 Å². The first-order valence-corrected chi connectivity index (χ1v) is 6.72. The summed E-state index contributed by atoms with van der Waals surface area (Å²) in [6.45, 7) is 0.345. The molecule has 5 heteroatoms. The summed E-state index contributed by atoms with van der Waals surface area (Å²) in [5, 5.41) is 4.53. The van der Waals surface area contributed by atoms with Gasteiger partial charge in [-0.2, -0.15) is 11.3 Å². The van der Waals surface area contributed by atoms with Crippen LogP contribution in [0.15, 0.2) is 35.0 Å². The number of nitrogen functional groups attached to an aromatic ring is 1. The molecule has 0 spiro atoms. The van der Waals surface area contributed by atoms with Gasteiger partial charge >= 0.3 is 5.97 Å². The van der Waals surface area contributed by atoms with E-state index in [1.807, 2.05) is 16.8 Å². The number of hydrogen-bond acceptors (Lipinski definition) is 4. The summed E-state index contributed by atoms with van der Waals surface area (Å²) in [5.41, 5.74) is 7.56. The Morgan fingerprint density at radius 3 is 2.89 bits per heavy atom. The Kier molecular flexibility index (Phi) is 4.23. The lowest BCUT2D eigenvalue weighted by molar-refractivity contribution is 0.0510. The highest BCUT2D eigenvalue weighted by molar-refractivity contribution is 7.07. The number of esters is 1. The van der Waals surface area contributed by atoms with Crippen molar-refractivity contribution in [3.05, 3.63) is 51.2 Å². The normalized spacial score (nSPS) is 10.3. The van der Waals surface area contributed by atoms with Gasteiger partial charge in [-0.25, -0.2) is 4.79 Å². The molecule has 2 aromatic rings. The second kappa shape index (κ2) is 5.89. The minimum Gasteiger partial charge on any atom is -0.462 e. The van der Waals surface area contributed by atoms with Crippen molar-refractivity contribution in [2.75, 3.05) is 12.3 Å². The minimum atomic E-state index is -0.417. The molecule has 1 heterocycles. The minimum absolute atomic E-state index is 0.336. The number of anilines is 1. The standard InChI is InChI=1S/C13H12ClNO2S/c14-10-1-2-11(12(15)7-10)13(16)17-5-3-9-4-6-18-8-9/h1-2,4,6-8H,3,5,15H2. The molecule has 94 valence electrons. The monoisotopic (exact) mass is 281 g/mol. The summed E-state index contributed by atoms with van der Waals surface area (Å²) in [7, 11) is 0. The van der Waals surface area contributed by atoms with Crippen LogP contribution in [-0.2, 0) is 11.2 Å². The molecule has 0 aliphatic rings. The Morgan fingerprint density at radius 2 is 2.22 bits per heavy atom. The largest absolute Gasteiger partial charge is 0.462 e. The maximum atomic E-state index is 11.8. The summed E-state index contributed by atoms with van der Waals surface area (Å²) < 4.78 is 5.16. The third-order valence-corrected chi connectivity index (χ3v) is 3.40. The molecule has 0 bridgehead atoms. The zero-order chi connectivity index (χ0) is 13.0. The molecular formula is C13H12ClNO2S. The molecule has 2 rings (SSSR count). The van der Waals surface area contributed by atoms with Gasteiger partial charge in [0.2, 0.25) is 0 Å². The summed E-state index contributed by atoms with van der Waals surface area (Å²) in [4.78, 5) is 11.8. The molecule has 0 fully saturated rings. The predicted molar refractivity (Wildman–Crippen MR) is 74.2 cm³/mol. The molecule has 1 aromatic heterocycles. The molecule has 0 radical (unpaired) electrons. The van der Waals surface area contributed by atoms with Crippen molar-refractivity contribution in [1.82, 2.24) is 0 Å². The molecule has 0 aliphatic heterocycles. The van der Waals surface area contributed by atoms with Crippen LogP contribution in [0.25, 0.3) is 0 Å². The number of benzene rings is 1. The van der Waals surface area contributed by atoms with E-state index in [1.165, 1.54) is 6.07 Å².